The Hall–Kier alpha value is -3.40. The molecule has 1 amide bonds. The van der Waals surface area contributed by atoms with Crippen molar-refractivity contribution < 1.29 is 19.1 Å². The molecule has 0 fully saturated rings. The fourth-order valence-corrected chi connectivity index (χ4v) is 3.77. The fourth-order valence-electron chi connectivity index (χ4n) is 2.75. The lowest BCUT2D eigenvalue weighted by Gasteiger charge is -2.14. The Morgan fingerprint density at radius 2 is 1.93 bits per heavy atom. The molecule has 2 aromatic carbocycles. The van der Waals surface area contributed by atoms with Gasteiger partial charge in [-0.2, -0.15) is 4.68 Å². The number of rotatable bonds is 7. The van der Waals surface area contributed by atoms with Crippen LogP contribution in [0.5, 0.6) is 5.75 Å². The number of nitrogens with one attached hydrogen (secondary N) is 1. The third kappa shape index (κ3) is 4.60. The molecule has 0 spiro atoms. The number of tetrazole rings is 1. The first-order valence-electron chi connectivity index (χ1n) is 9.03. The highest BCUT2D eigenvalue weighted by molar-refractivity contribution is 8.00. The Morgan fingerprint density at radius 3 is 2.60 bits per heavy atom. The van der Waals surface area contributed by atoms with Gasteiger partial charge in [0.2, 0.25) is 0 Å². The molecule has 1 N–H and O–H groups in total. The molecule has 10 heteroatoms. The van der Waals surface area contributed by atoms with Crippen molar-refractivity contribution in [2.45, 2.75) is 24.0 Å². The number of hydrogen-bond acceptors (Lipinski definition) is 8. The summed E-state index contributed by atoms with van der Waals surface area (Å²) in [6.07, 6.45) is 0. The van der Waals surface area contributed by atoms with Gasteiger partial charge in [-0.3, -0.25) is 9.59 Å². The summed E-state index contributed by atoms with van der Waals surface area (Å²) in [6, 6.07) is 12.3. The summed E-state index contributed by atoms with van der Waals surface area (Å²) in [5.41, 5.74) is 1.60. The normalized spacial score (nSPS) is 11.6. The van der Waals surface area contributed by atoms with Gasteiger partial charge in [0.1, 0.15) is 16.7 Å². The summed E-state index contributed by atoms with van der Waals surface area (Å²) in [4.78, 5) is 25.4. The van der Waals surface area contributed by atoms with Gasteiger partial charge in [0.25, 0.3) is 5.91 Å². The second-order valence-electron chi connectivity index (χ2n) is 6.26. The summed E-state index contributed by atoms with van der Waals surface area (Å²) in [5, 5.41) is 13.9. The van der Waals surface area contributed by atoms with Crippen LogP contribution in [0.3, 0.4) is 0 Å². The quantitative estimate of drug-likeness (QED) is 0.453. The van der Waals surface area contributed by atoms with Crippen molar-refractivity contribution in [2.75, 3.05) is 19.5 Å². The number of thioether (sulfide) groups is 1. The van der Waals surface area contributed by atoms with E-state index in [1.807, 2.05) is 6.07 Å². The molecule has 0 saturated carbocycles. The van der Waals surface area contributed by atoms with Crippen LogP contribution in [0, 0.1) is 6.92 Å². The minimum atomic E-state index is -0.445. The molecule has 3 rings (SSSR count). The SMILES string of the molecule is COC(=O)C(C)Sc1ccccc1C(=O)Nc1ccc(OC)c(-n2nnnc2C)c1. The molecule has 1 heterocycles. The Balaban J connectivity index is 1.87. The second kappa shape index (κ2) is 9.40. The number of esters is 1. The van der Waals surface area contributed by atoms with Crippen molar-refractivity contribution in [3.63, 3.8) is 0 Å². The average Bonchev–Trinajstić information content (AvgIpc) is 3.19. The maximum absolute atomic E-state index is 13.0. The number of carbonyl (C=O) groups is 2. The van der Waals surface area contributed by atoms with E-state index in [0.29, 0.717) is 33.4 Å². The number of benzene rings is 2. The topological polar surface area (TPSA) is 108 Å². The number of carbonyl (C=O) groups excluding carboxylic acids is 2. The standard InChI is InChI=1S/C20H21N5O4S/c1-12(20(27)29-4)30-18-8-6-5-7-15(18)19(26)21-14-9-10-17(28-3)16(11-14)25-13(2)22-23-24-25/h5-12H,1-4H3,(H,21,26). The molecule has 1 unspecified atom stereocenters. The molecule has 1 aromatic heterocycles. The Kier molecular flexibility index (Phi) is 6.68. The van der Waals surface area contributed by atoms with Crippen LogP contribution in [-0.4, -0.2) is 51.6 Å². The molecule has 0 saturated heterocycles. The van der Waals surface area contributed by atoms with E-state index < -0.39 is 5.25 Å². The first kappa shape index (κ1) is 21.3. The molecule has 0 aliphatic rings. The predicted octanol–water partition coefficient (Wildman–Crippen LogP) is 2.89. The molecular formula is C20H21N5O4S. The number of hydrogen-bond donors (Lipinski definition) is 1. The molecule has 156 valence electrons. The predicted molar refractivity (Wildman–Crippen MR) is 112 cm³/mol. The minimum absolute atomic E-state index is 0.306. The summed E-state index contributed by atoms with van der Waals surface area (Å²) in [6.45, 7) is 3.50. The molecule has 0 bridgehead atoms. The van der Waals surface area contributed by atoms with Crippen LogP contribution in [0.1, 0.15) is 23.1 Å². The summed E-state index contributed by atoms with van der Waals surface area (Å²) >= 11 is 1.26. The highest BCUT2D eigenvalue weighted by Gasteiger charge is 2.19. The molecular weight excluding hydrogens is 406 g/mol. The third-order valence-electron chi connectivity index (χ3n) is 4.26. The second-order valence-corrected chi connectivity index (χ2v) is 7.64. The molecule has 9 nitrogen and oxygen atoms in total. The van der Waals surface area contributed by atoms with Gasteiger partial charge in [0, 0.05) is 10.6 Å². The van der Waals surface area contributed by atoms with Crippen molar-refractivity contribution in [3.8, 4) is 11.4 Å². The van der Waals surface area contributed by atoms with Crippen LogP contribution >= 0.6 is 11.8 Å². The first-order chi connectivity index (χ1) is 14.4. The van der Waals surface area contributed by atoms with E-state index in [1.54, 1.807) is 57.4 Å². The summed E-state index contributed by atoms with van der Waals surface area (Å²) in [7, 11) is 2.89. The zero-order valence-electron chi connectivity index (χ0n) is 16.9. The molecule has 0 aliphatic carbocycles. The number of ether oxygens (including phenoxy) is 2. The van der Waals surface area contributed by atoms with Crippen LogP contribution in [0.25, 0.3) is 5.69 Å². The molecule has 3 aromatic rings. The monoisotopic (exact) mass is 427 g/mol. The number of aromatic nitrogens is 4. The number of anilines is 1. The van der Waals surface area contributed by atoms with E-state index in [1.165, 1.54) is 23.6 Å². The molecule has 0 radical (unpaired) electrons. The maximum Gasteiger partial charge on any atom is 0.318 e. The van der Waals surface area contributed by atoms with Crippen LogP contribution in [-0.2, 0) is 9.53 Å². The maximum atomic E-state index is 13.0. The largest absolute Gasteiger partial charge is 0.494 e. The van der Waals surface area contributed by atoms with Gasteiger partial charge in [-0.25, -0.2) is 0 Å². The lowest BCUT2D eigenvalue weighted by Crippen LogP contribution is -2.17. The molecule has 30 heavy (non-hydrogen) atoms. The Labute approximate surface area is 177 Å². The Morgan fingerprint density at radius 1 is 1.17 bits per heavy atom. The molecule has 1 atom stereocenters. The van der Waals surface area contributed by atoms with Crippen molar-refractivity contribution in [1.29, 1.82) is 0 Å². The van der Waals surface area contributed by atoms with Gasteiger partial charge in [-0.05, 0) is 54.6 Å². The lowest BCUT2D eigenvalue weighted by atomic mass is 10.2. The van der Waals surface area contributed by atoms with E-state index in [9.17, 15) is 9.59 Å². The van der Waals surface area contributed by atoms with Crippen molar-refractivity contribution in [2.24, 2.45) is 0 Å². The van der Waals surface area contributed by atoms with E-state index >= 15 is 0 Å². The highest BCUT2D eigenvalue weighted by atomic mass is 32.2. The Bertz CT molecular complexity index is 1070. The minimum Gasteiger partial charge on any atom is -0.494 e. The van der Waals surface area contributed by atoms with Crippen LogP contribution in [0.2, 0.25) is 0 Å². The van der Waals surface area contributed by atoms with E-state index in [0.717, 1.165) is 0 Å². The zero-order chi connectivity index (χ0) is 21.7. The number of amides is 1. The zero-order valence-corrected chi connectivity index (χ0v) is 17.8. The first-order valence-corrected chi connectivity index (χ1v) is 9.90. The van der Waals surface area contributed by atoms with Crippen LogP contribution in [0.4, 0.5) is 5.69 Å². The van der Waals surface area contributed by atoms with E-state index in [-0.39, 0.29) is 11.9 Å². The lowest BCUT2D eigenvalue weighted by molar-refractivity contribution is -0.139. The van der Waals surface area contributed by atoms with E-state index in [4.69, 9.17) is 9.47 Å². The average molecular weight is 427 g/mol. The van der Waals surface area contributed by atoms with Crippen LogP contribution in [0.15, 0.2) is 47.4 Å². The van der Waals surface area contributed by atoms with Crippen LogP contribution < -0.4 is 10.1 Å². The van der Waals surface area contributed by atoms with Gasteiger partial charge < -0.3 is 14.8 Å². The summed E-state index contributed by atoms with van der Waals surface area (Å²) < 4.78 is 11.7. The third-order valence-corrected chi connectivity index (χ3v) is 5.41. The van der Waals surface area contributed by atoms with Gasteiger partial charge in [-0.1, -0.05) is 12.1 Å². The van der Waals surface area contributed by atoms with Crippen molar-refractivity contribution >= 4 is 29.3 Å². The number of nitrogens with zero attached hydrogens (tertiary/aromatic N) is 4. The molecule has 0 aliphatic heterocycles. The smallest absolute Gasteiger partial charge is 0.318 e. The van der Waals surface area contributed by atoms with Gasteiger partial charge in [-0.15, -0.1) is 16.9 Å². The van der Waals surface area contributed by atoms with E-state index in [2.05, 4.69) is 20.8 Å². The van der Waals surface area contributed by atoms with Gasteiger partial charge in [0.15, 0.2) is 5.82 Å². The van der Waals surface area contributed by atoms with Crippen molar-refractivity contribution in [3.05, 3.63) is 53.9 Å². The number of methoxy groups -OCH3 is 2. The van der Waals surface area contributed by atoms with Gasteiger partial charge in [0.05, 0.1) is 19.8 Å². The fraction of sp³-hybridized carbons (Fsp3) is 0.250. The highest BCUT2D eigenvalue weighted by Crippen LogP contribution is 2.30. The van der Waals surface area contributed by atoms with Crippen molar-refractivity contribution in [1.82, 2.24) is 20.2 Å². The number of aryl methyl sites for hydroxylation is 1. The van der Waals surface area contributed by atoms with Gasteiger partial charge >= 0.3 is 5.97 Å². The summed E-state index contributed by atoms with van der Waals surface area (Å²) in [5.74, 6) is 0.480.